The largest absolute Gasteiger partial charge is 0.383 e. The van der Waals surface area contributed by atoms with E-state index >= 15 is 0 Å². The van der Waals surface area contributed by atoms with Crippen molar-refractivity contribution < 1.29 is 4.74 Å². The summed E-state index contributed by atoms with van der Waals surface area (Å²) < 4.78 is 5.39. The monoisotopic (exact) mass is 410 g/mol. The first-order valence-electron chi connectivity index (χ1n) is 10.4. The lowest BCUT2D eigenvalue weighted by Gasteiger charge is -2.26. The van der Waals surface area contributed by atoms with Gasteiger partial charge >= 0.3 is 0 Å². The molecule has 1 N–H and O–H groups in total. The second-order valence-corrected chi connectivity index (χ2v) is 8.93. The van der Waals surface area contributed by atoms with Gasteiger partial charge in [-0.3, -0.25) is 4.98 Å². The Morgan fingerprint density at radius 3 is 2.90 bits per heavy atom. The molecule has 1 aliphatic heterocycles. The molecule has 4 heterocycles. The van der Waals surface area contributed by atoms with Crippen LogP contribution >= 0.6 is 11.3 Å². The van der Waals surface area contributed by atoms with Gasteiger partial charge in [0.2, 0.25) is 5.13 Å². The molecule has 0 spiro atoms. The van der Waals surface area contributed by atoms with E-state index in [9.17, 15) is 0 Å². The minimum atomic E-state index is 0.413. The standard InChI is InChI=1S/C21H26N6OS/c1-28-13-15-7-4-10-27(15)16-11-18-17(22-12-16)8-9-19(23-18)24-21-26-25-20(29-21)14-5-2-3-6-14/h8-9,11-12,14-15H,2-7,10,13H2,1H3,(H,23,24,26). The predicted octanol–water partition coefficient (Wildman–Crippen LogP) is 4.50. The van der Waals surface area contributed by atoms with Gasteiger partial charge in [0.05, 0.1) is 35.6 Å². The highest BCUT2D eigenvalue weighted by Crippen LogP contribution is 2.37. The quantitative estimate of drug-likeness (QED) is 0.641. The maximum absolute atomic E-state index is 5.39. The first kappa shape index (κ1) is 18.7. The number of anilines is 3. The minimum Gasteiger partial charge on any atom is -0.383 e. The van der Waals surface area contributed by atoms with Crippen molar-refractivity contribution >= 4 is 39.0 Å². The van der Waals surface area contributed by atoms with E-state index in [4.69, 9.17) is 9.72 Å². The summed E-state index contributed by atoms with van der Waals surface area (Å²) in [6, 6.07) is 6.50. The van der Waals surface area contributed by atoms with Gasteiger partial charge in [0, 0.05) is 19.6 Å². The third-order valence-electron chi connectivity index (χ3n) is 5.97. The van der Waals surface area contributed by atoms with Crippen molar-refractivity contribution in [3.63, 3.8) is 0 Å². The zero-order valence-electron chi connectivity index (χ0n) is 16.7. The van der Waals surface area contributed by atoms with Crippen LogP contribution in [0.1, 0.15) is 49.5 Å². The van der Waals surface area contributed by atoms with E-state index in [-0.39, 0.29) is 0 Å². The van der Waals surface area contributed by atoms with Gasteiger partial charge < -0.3 is 15.0 Å². The second-order valence-electron chi connectivity index (χ2n) is 7.92. The number of fused-ring (bicyclic) bond motifs is 1. The molecule has 5 rings (SSSR count). The lowest BCUT2D eigenvalue weighted by molar-refractivity contribution is 0.181. The molecule has 152 valence electrons. The fraction of sp³-hybridized carbons (Fsp3) is 0.524. The summed E-state index contributed by atoms with van der Waals surface area (Å²) in [5, 5.41) is 14.0. The third-order valence-corrected chi connectivity index (χ3v) is 6.97. The average Bonchev–Trinajstić information content (AvgIpc) is 3.49. The summed E-state index contributed by atoms with van der Waals surface area (Å²) in [4.78, 5) is 11.8. The van der Waals surface area contributed by atoms with E-state index in [1.54, 1.807) is 18.4 Å². The van der Waals surface area contributed by atoms with E-state index in [0.717, 1.165) is 52.3 Å². The Kier molecular flexibility index (Phi) is 5.28. The normalized spacial score (nSPS) is 20.0. The summed E-state index contributed by atoms with van der Waals surface area (Å²) in [6.45, 7) is 1.78. The van der Waals surface area contributed by atoms with E-state index < -0.39 is 0 Å². The molecule has 2 aliphatic rings. The molecular weight excluding hydrogens is 384 g/mol. The number of aromatic nitrogens is 4. The molecule has 1 saturated heterocycles. The highest BCUT2D eigenvalue weighted by Gasteiger charge is 2.25. The number of methoxy groups -OCH3 is 1. The molecule has 3 aromatic rings. The van der Waals surface area contributed by atoms with Crippen molar-refractivity contribution in [3.05, 3.63) is 29.4 Å². The predicted molar refractivity (Wildman–Crippen MR) is 116 cm³/mol. The summed E-state index contributed by atoms with van der Waals surface area (Å²) >= 11 is 1.65. The van der Waals surface area contributed by atoms with Crippen molar-refractivity contribution in [3.8, 4) is 0 Å². The molecule has 1 unspecified atom stereocenters. The van der Waals surface area contributed by atoms with Gasteiger partial charge in [0.15, 0.2) is 0 Å². The summed E-state index contributed by atoms with van der Waals surface area (Å²) in [5.74, 6) is 1.36. The summed E-state index contributed by atoms with van der Waals surface area (Å²) in [6.07, 6.45) is 9.36. The lowest BCUT2D eigenvalue weighted by atomic mass is 10.1. The Labute approximate surface area is 174 Å². The molecule has 0 bridgehead atoms. The number of hydrogen-bond donors (Lipinski definition) is 1. The van der Waals surface area contributed by atoms with Gasteiger partial charge in [-0.2, -0.15) is 0 Å². The molecule has 8 heteroatoms. The Morgan fingerprint density at radius 2 is 2.03 bits per heavy atom. The van der Waals surface area contributed by atoms with Crippen molar-refractivity contribution in [1.29, 1.82) is 0 Å². The molecular formula is C21H26N6OS. The van der Waals surface area contributed by atoms with Crippen LogP contribution in [0.25, 0.3) is 11.0 Å². The average molecular weight is 411 g/mol. The van der Waals surface area contributed by atoms with Crippen LogP contribution in [0.2, 0.25) is 0 Å². The summed E-state index contributed by atoms with van der Waals surface area (Å²) in [7, 11) is 1.76. The Bertz CT molecular complexity index is 986. The molecule has 0 aromatic carbocycles. The summed E-state index contributed by atoms with van der Waals surface area (Å²) in [5.41, 5.74) is 2.89. The zero-order valence-corrected chi connectivity index (χ0v) is 17.5. The zero-order chi connectivity index (χ0) is 19.6. The van der Waals surface area contributed by atoms with Gasteiger partial charge in [-0.15, -0.1) is 10.2 Å². The van der Waals surface area contributed by atoms with Gasteiger partial charge in [-0.05, 0) is 43.9 Å². The SMILES string of the molecule is COCC1CCCN1c1cnc2ccc(Nc3nnc(C4CCCC4)s3)nc2c1. The fourth-order valence-corrected chi connectivity index (χ4v) is 5.42. The maximum atomic E-state index is 5.39. The highest BCUT2D eigenvalue weighted by molar-refractivity contribution is 7.15. The van der Waals surface area contributed by atoms with Gasteiger partial charge in [-0.1, -0.05) is 24.2 Å². The van der Waals surface area contributed by atoms with Crippen LogP contribution in [0.4, 0.5) is 16.6 Å². The molecule has 0 amide bonds. The number of ether oxygens (including phenoxy) is 1. The maximum Gasteiger partial charge on any atom is 0.211 e. The Hall–Kier alpha value is -2.32. The van der Waals surface area contributed by atoms with Crippen molar-refractivity contribution in [2.24, 2.45) is 0 Å². The molecule has 1 saturated carbocycles. The van der Waals surface area contributed by atoms with Gasteiger partial charge in [0.25, 0.3) is 0 Å². The van der Waals surface area contributed by atoms with Crippen LogP contribution in [-0.4, -0.2) is 46.5 Å². The molecule has 1 aliphatic carbocycles. The van der Waals surface area contributed by atoms with E-state index in [1.165, 1.54) is 32.1 Å². The number of nitrogens with zero attached hydrogens (tertiary/aromatic N) is 5. The van der Waals surface area contributed by atoms with Crippen LogP contribution in [0.5, 0.6) is 0 Å². The van der Waals surface area contributed by atoms with Crippen LogP contribution in [0.3, 0.4) is 0 Å². The molecule has 3 aromatic heterocycles. The highest BCUT2D eigenvalue weighted by atomic mass is 32.1. The second kappa shape index (κ2) is 8.20. The van der Waals surface area contributed by atoms with Crippen molar-refractivity contribution in [1.82, 2.24) is 20.2 Å². The smallest absolute Gasteiger partial charge is 0.211 e. The number of nitrogens with one attached hydrogen (secondary N) is 1. The third kappa shape index (κ3) is 3.91. The topological polar surface area (TPSA) is 76.1 Å². The van der Waals surface area contributed by atoms with Gasteiger partial charge in [0.1, 0.15) is 10.8 Å². The van der Waals surface area contributed by atoms with Crippen LogP contribution in [0, 0.1) is 0 Å². The van der Waals surface area contributed by atoms with E-state index in [0.29, 0.717) is 12.0 Å². The van der Waals surface area contributed by atoms with Crippen LogP contribution < -0.4 is 10.2 Å². The molecule has 1 atom stereocenters. The minimum absolute atomic E-state index is 0.413. The van der Waals surface area contributed by atoms with Gasteiger partial charge in [-0.25, -0.2) is 4.98 Å². The number of hydrogen-bond acceptors (Lipinski definition) is 8. The Morgan fingerprint density at radius 1 is 1.14 bits per heavy atom. The Balaban J connectivity index is 1.36. The van der Waals surface area contributed by atoms with Crippen molar-refractivity contribution in [2.45, 2.75) is 50.5 Å². The molecule has 0 radical (unpaired) electrons. The van der Waals surface area contributed by atoms with Crippen molar-refractivity contribution in [2.75, 3.05) is 30.5 Å². The molecule has 29 heavy (non-hydrogen) atoms. The fourth-order valence-electron chi connectivity index (χ4n) is 4.50. The van der Waals surface area contributed by atoms with E-state index in [2.05, 4.69) is 31.5 Å². The van der Waals surface area contributed by atoms with E-state index in [1.807, 2.05) is 18.3 Å². The lowest BCUT2D eigenvalue weighted by Crippen LogP contribution is -2.32. The van der Waals surface area contributed by atoms with Crippen LogP contribution in [0.15, 0.2) is 24.4 Å². The van der Waals surface area contributed by atoms with Crippen LogP contribution in [-0.2, 0) is 4.74 Å². The number of pyridine rings is 2. The first-order valence-corrected chi connectivity index (χ1v) is 11.2. The first-order chi connectivity index (χ1) is 14.3. The number of rotatable bonds is 6. The molecule has 7 nitrogen and oxygen atoms in total. The molecule has 2 fully saturated rings.